The highest BCUT2D eigenvalue weighted by Gasteiger charge is 2.42. The molecule has 1 aromatic heterocycles. The average Bonchev–Trinajstić information content (AvgIpc) is 2.77. The summed E-state index contributed by atoms with van der Waals surface area (Å²) in [6, 6.07) is 16.0. The predicted octanol–water partition coefficient (Wildman–Crippen LogP) is 2.47. The van der Waals surface area contributed by atoms with Crippen molar-refractivity contribution in [2.75, 3.05) is 11.9 Å². The number of aromatic nitrogens is 1. The highest BCUT2D eigenvalue weighted by molar-refractivity contribution is 5.39. The van der Waals surface area contributed by atoms with E-state index in [0.717, 1.165) is 6.54 Å². The Balaban J connectivity index is 1.95. The van der Waals surface area contributed by atoms with Crippen LogP contribution in [0.1, 0.15) is 22.9 Å². The Morgan fingerprint density at radius 2 is 2.00 bits per heavy atom. The van der Waals surface area contributed by atoms with E-state index in [1.807, 2.05) is 0 Å². The van der Waals surface area contributed by atoms with Crippen molar-refractivity contribution in [2.45, 2.75) is 19.4 Å². The van der Waals surface area contributed by atoms with Gasteiger partial charge in [0.15, 0.2) is 0 Å². The van der Waals surface area contributed by atoms with E-state index in [4.69, 9.17) is 0 Å². The molecule has 0 unspecified atom stereocenters. The maximum absolute atomic E-state index is 3.57. The van der Waals surface area contributed by atoms with Crippen molar-refractivity contribution >= 4 is 5.82 Å². The van der Waals surface area contributed by atoms with Gasteiger partial charge in [-0.15, -0.1) is 0 Å². The van der Waals surface area contributed by atoms with Gasteiger partial charge in [-0.25, -0.2) is 4.57 Å². The zero-order chi connectivity index (χ0) is 12.1. The van der Waals surface area contributed by atoms with Gasteiger partial charge in [-0.2, -0.15) is 0 Å². The van der Waals surface area contributed by atoms with Crippen molar-refractivity contribution in [1.29, 1.82) is 0 Å². The van der Waals surface area contributed by atoms with Crippen LogP contribution in [-0.4, -0.2) is 6.54 Å². The lowest BCUT2D eigenvalue weighted by atomic mass is 9.97. The molecule has 18 heavy (non-hydrogen) atoms. The summed E-state index contributed by atoms with van der Waals surface area (Å²) in [5, 5.41) is 3.57. The molecule has 1 aliphatic carbocycles. The summed E-state index contributed by atoms with van der Waals surface area (Å²) in [4.78, 5) is 0. The van der Waals surface area contributed by atoms with Gasteiger partial charge in [-0.1, -0.05) is 30.3 Å². The average molecular weight is 237 g/mol. The molecule has 90 valence electrons. The topological polar surface area (TPSA) is 15.9 Å². The van der Waals surface area contributed by atoms with Gasteiger partial charge in [0.25, 0.3) is 5.82 Å². The Bertz CT molecular complexity index is 618. The summed E-state index contributed by atoms with van der Waals surface area (Å²) in [6.07, 6.45) is 1.20. The number of anilines is 1. The predicted molar refractivity (Wildman–Crippen MR) is 71.6 cm³/mol. The first-order valence-corrected chi connectivity index (χ1v) is 6.67. The SMILES string of the molecule is Cc1cccc2[n+]1[C@H]1c3ccccc3C[C@H]1CN2. The van der Waals surface area contributed by atoms with Crippen LogP contribution < -0.4 is 9.88 Å². The third-order valence-corrected chi connectivity index (χ3v) is 4.36. The summed E-state index contributed by atoms with van der Waals surface area (Å²) in [5.41, 5.74) is 4.38. The quantitative estimate of drug-likeness (QED) is 0.696. The summed E-state index contributed by atoms with van der Waals surface area (Å²) in [6.45, 7) is 3.29. The third kappa shape index (κ3) is 1.26. The van der Waals surface area contributed by atoms with E-state index in [1.54, 1.807) is 0 Å². The minimum absolute atomic E-state index is 0.527. The molecule has 0 spiro atoms. The Labute approximate surface area is 107 Å². The Hall–Kier alpha value is -1.83. The van der Waals surface area contributed by atoms with Gasteiger partial charge in [0.2, 0.25) is 0 Å². The molecule has 2 aromatic rings. The number of pyridine rings is 1. The summed E-state index contributed by atoms with van der Waals surface area (Å²) >= 11 is 0. The first-order valence-electron chi connectivity index (χ1n) is 6.67. The standard InChI is InChI=1S/C16H16N2/c1-11-5-4-8-15-17-10-13-9-12-6-2-3-7-14(12)16(13)18(11)15/h2-8,13,16H,9-10H2,1H3/p+1/t13-,16+/m0/s1. The third-order valence-electron chi connectivity index (χ3n) is 4.36. The molecular weight excluding hydrogens is 220 g/mol. The number of rotatable bonds is 0. The van der Waals surface area contributed by atoms with Crippen LogP contribution in [0, 0.1) is 12.8 Å². The Kier molecular flexibility index (Phi) is 2.01. The zero-order valence-electron chi connectivity index (χ0n) is 10.6. The first-order chi connectivity index (χ1) is 8.84. The van der Waals surface area contributed by atoms with Crippen molar-refractivity contribution in [3.05, 3.63) is 59.3 Å². The second kappa shape index (κ2) is 3.58. The number of nitrogens with zero attached hydrogens (tertiary/aromatic N) is 1. The van der Waals surface area contributed by atoms with E-state index >= 15 is 0 Å². The lowest BCUT2D eigenvalue weighted by Crippen LogP contribution is -2.52. The van der Waals surface area contributed by atoms with Crippen molar-refractivity contribution in [3.63, 3.8) is 0 Å². The molecular formula is C16H17N2+. The first kappa shape index (κ1) is 10.1. The molecule has 0 saturated heterocycles. The van der Waals surface area contributed by atoms with E-state index in [-0.39, 0.29) is 0 Å². The van der Waals surface area contributed by atoms with Gasteiger partial charge in [0.1, 0.15) is 11.7 Å². The summed E-state index contributed by atoms with van der Waals surface area (Å²) in [7, 11) is 0. The van der Waals surface area contributed by atoms with Gasteiger partial charge in [-0.05, 0) is 25.0 Å². The highest BCUT2D eigenvalue weighted by atomic mass is 15.2. The van der Waals surface area contributed by atoms with Crippen LogP contribution in [-0.2, 0) is 6.42 Å². The molecule has 1 N–H and O–H groups in total. The van der Waals surface area contributed by atoms with Crippen LogP contribution in [0.2, 0.25) is 0 Å². The molecule has 1 aromatic carbocycles. The molecule has 2 heterocycles. The Morgan fingerprint density at radius 1 is 1.11 bits per heavy atom. The van der Waals surface area contributed by atoms with Gasteiger partial charge < -0.3 is 0 Å². The molecule has 0 bridgehead atoms. The molecule has 0 saturated carbocycles. The van der Waals surface area contributed by atoms with Crippen molar-refractivity contribution in [1.82, 2.24) is 0 Å². The molecule has 4 rings (SSSR count). The molecule has 1 aliphatic heterocycles. The van der Waals surface area contributed by atoms with E-state index in [0.29, 0.717) is 12.0 Å². The number of aryl methyl sites for hydroxylation is 1. The van der Waals surface area contributed by atoms with Crippen LogP contribution in [0.3, 0.4) is 0 Å². The number of hydrogen-bond donors (Lipinski definition) is 1. The summed E-state index contributed by atoms with van der Waals surface area (Å²) in [5.74, 6) is 1.95. The summed E-state index contributed by atoms with van der Waals surface area (Å²) < 4.78 is 2.47. The van der Waals surface area contributed by atoms with E-state index < -0.39 is 0 Å². The fraction of sp³-hybridized carbons (Fsp3) is 0.312. The Morgan fingerprint density at radius 3 is 2.94 bits per heavy atom. The molecule has 0 radical (unpaired) electrons. The van der Waals surface area contributed by atoms with Crippen molar-refractivity contribution in [2.24, 2.45) is 5.92 Å². The van der Waals surface area contributed by atoms with Gasteiger partial charge in [0, 0.05) is 17.5 Å². The van der Waals surface area contributed by atoms with E-state index in [9.17, 15) is 0 Å². The monoisotopic (exact) mass is 237 g/mol. The second-order valence-corrected chi connectivity index (χ2v) is 5.41. The maximum atomic E-state index is 3.57. The van der Waals surface area contributed by atoms with Crippen LogP contribution >= 0.6 is 0 Å². The molecule has 2 aliphatic rings. The normalized spacial score (nSPS) is 23.8. The van der Waals surface area contributed by atoms with Crippen LogP contribution in [0.25, 0.3) is 0 Å². The largest absolute Gasteiger partial charge is 0.275 e. The van der Waals surface area contributed by atoms with Gasteiger partial charge >= 0.3 is 0 Å². The zero-order valence-corrected chi connectivity index (χ0v) is 10.6. The lowest BCUT2D eigenvalue weighted by Gasteiger charge is -2.26. The molecule has 2 atom stereocenters. The number of fused-ring (bicyclic) bond motifs is 5. The number of nitrogens with one attached hydrogen (secondary N) is 1. The minimum Gasteiger partial charge on any atom is -0.274 e. The fourth-order valence-electron chi connectivity index (χ4n) is 3.57. The van der Waals surface area contributed by atoms with Crippen LogP contribution in [0.4, 0.5) is 5.82 Å². The molecule has 2 heteroatoms. The number of hydrogen-bond acceptors (Lipinski definition) is 1. The molecule has 2 nitrogen and oxygen atoms in total. The fourth-order valence-corrected chi connectivity index (χ4v) is 3.57. The molecule has 0 amide bonds. The minimum atomic E-state index is 0.527. The van der Waals surface area contributed by atoms with Crippen molar-refractivity contribution in [3.8, 4) is 0 Å². The van der Waals surface area contributed by atoms with Crippen LogP contribution in [0.15, 0.2) is 42.5 Å². The molecule has 0 fully saturated rings. The lowest BCUT2D eigenvalue weighted by molar-refractivity contribution is -0.714. The van der Waals surface area contributed by atoms with Gasteiger partial charge in [-0.3, -0.25) is 5.32 Å². The van der Waals surface area contributed by atoms with Crippen molar-refractivity contribution < 1.29 is 4.57 Å². The smallest absolute Gasteiger partial charge is 0.274 e. The van der Waals surface area contributed by atoms with Crippen LogP contribution in [0.5, 0.6) is 0 Å². The van der Waals surface area contributed by atoms with Gasteiger partial charge in [0.05, 0.1) is 6.54 Å². The van der Waals surface area contributed by atoms with E-state index in [1.165, 1.54) is 29.1 Å². The number of benzene rings is 1. The highest BCUT2D eigenvalue weighted by Crippen LogP contribution is 2.38. The second-order valence-electron chi connectivity index (χ2n) is 5.41. The maximum Gasteiger partial charge on any atom is 0.275 e. The van der Waals surface area contributed by atoms with E-state index in [2.05, 4.69) is 59.3 Å².